The van der Waals surface area contributed by atoms with Crippen LogP contribution in [-0.2, 0) is 19.1 Å². The number of carboxylic acids is 1. The average molecular weight is 323 g/mol. The Morgan fingerprint density at radius 3 is 2.78 bits per heavy atom. The number of piperidine rings is 1. The van der Waals surface area contributed by atoms with Gasteiger partial charge >= 0.3 is 11.9 Å². The molecule has 0 spiro atoms. The number of esters is 1. The molecule has 0 saturated carbocycles. The van der Waals surface area contributed by atoms with Gasteiger partial charge in [-0.25, -0.2) is 0 Å². The zero-order chi connectivity index (χ0) is 17.4. The number of hydrogen-bond donors (Lipinski definition) is 2. The molecule has 1 heterocycles. The summed E-state index contributed by atoms with van der Waals surface area (Å²) < 4.78 is 4.99. The number of nitrogens with one attached hydrogen (secondary N) is 1. The molecule has 8 nitrogen and oxygen atoms in total. The second-order valence-corrected chi connectivity index (χ2v) is 5.27. The number of aliphatic carboxylic acids is 1. The summed E-state index contributed by atoms with van der Waals surface area (Å²) in [6.07, 6.45) is 2.81. The Bertz CT molecular complexity index is 538. The lowest BCUT2D eigenvalue weighted by atomic mass is 9.98. The molecule has 23 heavy (non-hydrogen) atoms. The largest absolute Gasteiger partial charge is 0.480 e. The molecule has 0 aromatic rings. The summed E-state index contributed by atoms with van der Waals surface area (Å²) in [5, 5.41) is 20.1. The van der Waals surface area contributed by atoms with Crippen molar-refractivity contribution < 1.29 is 24.2 Å². The summed E-state index contributed by atoms with van der Waals surface area (Å²) in [5.74, 6) is -2.51. The van der Waals surface area contributed by atoms with Gasteiger partial charge in [-0.05, 0) is 26.7 Å². The third-order valence-electron chi connectivity index (χ3n) is 3.47. The highest BCUT2D eigenvalue weighted by molar-refractivity contribution is 5.99. The van der Waals surface area contributed by atoms with Crippen LogP contribution in [0.25, 0.3) is 0 Å². The van der Waals surface area contributed by atoms with Crippen molar-refractivity contribution in [3.8, 4) is 6.07 Å². The highest BCUT2D eigenvalue weighted by Crippen LogP contribution is 2.18. The number of hydrogen-bond acceptors (Lipinski definition) is 6. The maximum absolute atomic E-state index is 11.9. The van der Waals surface area contributed by atoms with Crippen LogP contribution in [0.15, 0.2) is 11.8 Å². The summed E-state index contributed by atoms with van der Waals surface area (Å²) in [6, 6.07) is 0.671. The predicted molar refractivity (Wildman–Crippen MR) is 79.9 cm³/mol. The number of nitriles is 1. The lowest BCUT2D eigenvalue weighted by molar-refractivity contribution is -0.149. The first-order chi connectivity index (χ1) is 10.9. The van der Waals surface area contributed by atoms with E-state index in [4.69, 9.17) is 15.1 Å². The van der Waals surface area contributed by atoms with E-state index in [9.17, 15) is 14.4 Å². The molecule has 2 atom stereocenters. The van der Waals surface area contributed by atoms with Crippen molar-refractivity contribution in [2.45, 2.75) is 32.7 Å². The zero-order valence-corrected chi connectivity index (χ0v) is 13.2. The Balaban J connectivity index is 2.73. The van der Waals surface area contributed by atoms with E-state index in [1.165, 1.54) is 13.1 Å². The van der Waals surface area contributed by atoms with Gasteiger partial charge in [0.15, 0.2) is 0 Å². The summed E-state index contributed by atoms with van der Waals surface area (Å²) >= 11 is 0. The number of amides is 1. The molecule has 1 aliphatic rings. The second kappa shape index (κ2) is 8.78. The Kier molecular flexibility index (Phi) is 7.06. The minimum atomic E-state index is -1.18. The molecule has 2 unspecified atom stereocenters. The second-order valence-electron chi connectivity index (χ2n) is 5.27. The molecular weight excluding hydrogens is 302 g/mol. The lowest BCUT2D eigenvalue weighted by Crippen LogP contribution is -2.40. The summed E-state index contributed by atoms with van der Waals surface area (Å²) in [5.41, 5.74) is -0.192. The van der Waals surface area contributed by atoms with E-state index in [0.717, 1.165) is 6.42 Å². The van der Waals surface area contributed by atoms with Gasteiger partial charge < -0.3 is 20.1 Å². The number of nitrogens with zero attached hydrogens (tertiary/aromatic N) is 2. The number of likely N-dealkylation sites (tertiary alicyclic amines) is 1. The van der Waals surface area contributed by atoms with Crippen molar-refractivity contribution in [3.63, 3.8) is 0 Å². The minimum Gasteiger partial charge on any atom is -0.480 e. The highest BCUT2D eigenvalue weighted by atomic mass is 16.5. The molecule has 2 N–H and O–H groups in total. The molecule has 1 rings (SSSR count). The van der Waals surface area contributed by atoms with Crippen molar-refractivity contribution in [3.05, 3.63) is 11.8 Å². The van der Waals surface area contributed by atoms with Crippen molar-refractivity contribution in [1.82, 2.24) is 10.2 Å². The Labute approximate surface area is 134 Å². The molecule has 0 radical (unpaired) electrons. The summed E-state index contributed by atoms with van der Waals surface area (Å²) in [4.78, 5) is 36.1. The van der Waals surface area contributed by atoms with Gasteiger partial charge in [0.1, 0.15) is 17.7 Å². The first-order valence-corrected chi connectivity index (χ1v) is 7.45. The topological polar surface area (TPSA) is 120 Å². The Morgan fingerprint density at radius 2 is 2.22 bits per heavy atom. The molecule has 0 aromatic carbocycles. The maximum atomic E-state index is 11.9. The Morgan fingerprint density at radius 1 is 1.52 bits per heavy atom. The molecule has 1 aliphatic heterocycles. The first kappa shape index (κ1) is 18.5. The molecule has 8 heteroatoms. The smallest absolute Gasteiger partial charge is 0.325 e. The van der Waals surface area contributed by atoms with Crippen LogP contribution in [0.3, 0.4) is 0 Å². The third-order valence-corrected chi connectivity index (χ3v) is 3.47. The number of ether oxygens (including phenoxy) is 1. The summed E-state index contributed by atoms with van der Waals surface area (Å²) in [6.45, 7) is 4.34. The zero-order valence-electron chi connectivity index (χ0n) is 13.2. The molecule has 1 amide bonds. The fourth-order valence-electron chi connectivity index (χ4n) is 2.23. The van der Waals surface area contributed by atoms with Crippen LogP contribution < -0.4 is 5.32 Å². The van der Waals surface area contributed by atoms with Crippen molar-refractivity contribution >= 4 is 17.8 Å². The van der Waals surface area contributed by atoms with Crippen molar-refractivity contribution in [1.29, 1.82) is 5.26 Å². The molecule has 1 saturated heterocycles. The lowest BCUT2D eigenvalue weighted by Gasteiger charge is -2.30. The van der Waals surface area contributed by atoms with Crippen LogP contribution in [0, 0.1) is 17.2 Å². The molecular formula is C15H21N3O5. The number of carbonyl (C=O) groups excluding carboxylic acids is 2. The van der Waals surface area contributed by atoms with Gasteiger partial charge in [0.05, 0.1) is 12.5 Å². The van der Waals surface area contributed by atoms with E-state index in [2.05, 4.69) is 5.32 Å². The van der Waals surface area contributed by atoms with E-state index in [1.807, 2.05) is 0 Å². The average Bonchev–Trinajstić information content (AvgIpc) is 2.52. The number of rotatable bonds is 6. The molecule has 0 bridgehead atoms. The first-order valence-electron chi connectivity index (χ1n) is 7.45. The van der Waals surface area contributed by atoms with Crippen molar-refractivity contribution in [2.24, 2.45) is 5.92 Å². The molecule has 0 aromatic heterocycles. The van der Waals surface area contributed by atoms with Crippen molar-refractivity contribution in [2.75, 3.05) is 19.7 Å². The minimum absolute atomic E-state index is 0.192. The van der Waals surface area contributed by atoms with Gasteiger partial charge in [-0.15, -0.1) is 0 Å². The SMILES string of the molecule is CCOC(=O)C1CCCN(/C=C(/C#N)C(=O)NC(C)C(=O)O)C1. The normalized spacial score (nSPS) is 19.4. The van der Waals surface area contributed by atoms with E-state index >= 15 is 0 Å². The van der Waals surface area contributed by atoms with E-state index in [0.29, 0.717) is 26.1 Å². The number of carboxylic acid groups (broad SMARTS) is 1. The standard InChI is InChI=1S/C15H21N3O5/c1-3-23-15(22)11-5-4-6-18(8-11)9-12(7-16)13(19)17-10(2)14(20)21/h9-11H,3-6,8H2,1-2H3,(H,17,19)(H,20,21)/b12-9-. The van der Waals surface area contributed by atoms with Crippen LogP contribution >= 0.6 is 0 Å². The quantitative estimate of drug-likeness (QED) is 0.408. The van der Waals surface area contributed by atoms with Gasteiger partial charge in [0.2, 0.25) is 0 Å². The molecule has 0 aliphatic carbocycles. The van der Waals surface area contributed by atoms with Gasteiger partial charge in [-0.1, -0.05) is 0 Å². The van der Waals surface area contributed by atoms with Gasteiger partial charge in [-0.2, -0.15) is 5.26 Å². The van der Waals surface area contributed by atoms with Crippen LogP contribution in [0.2, 0.25) is 0 Å². The van der Waals surface area contributed by atoms with E-state index in [1.54, 1.807) is 17.9 Å². The van der Waals surface area contributed by atoms with Gasteiger partial charge in [0, 0.05) is 19.3 Å². The van der Waals surface area contributed by atoms with Gasteiger partial charge in [0.25, 0.3) is 5.91 Å². The van der Waals surface area contributed by atoms with Crippen LogP contribution in [0.4, 0.5) is 0 Å². The molecule has 126 valence electrons. The van der Waals surface area contributed by atoms with Gasteiger partial charge in [-0.3, -0.25) is 14.4 Å². The monoisotopic (exact) mass is 323 g/mol. The maximum Gasteiger partial charge on any atom is 0.325 e. The summed E-state index contributed by atoms with van der Waals surface area (Å²) in [7, 11) is 0. The number of carbonyl (C=O) groups is 3. The predicted octanol–water partition coefficient (Wildman–Crippen LogP) is 0.258. The van der Waals surface area contributed by atoms with Crippen LogP contribution in [-0.4, -0.2) is 53.6 Å². The van der Waals surface area contributed by atoms with Crippen LogP contribution in [0.1, 0.15) is 26.7 Å². The third kappa shape index (κ3) is 5.62. The van der Waals surface area contributed by atoms with E-state index < -0.39 is 17.9 Å². The highest BCUT2D eigenvalue weighted by Gasteiger charge is 2.26. The van der Waals surface area contributed by atoms with E-state index in [-0.39, 0.29) is 17.5 Å². The fraction of sp³-hybridized carbons (Fsp3) is 0.600. The molecule has 1 fully saturated rings. The Hall–Kier alpha value is -2.56. The van der Waals surface area contributed by atoms with Crippen LogP contribution in [0.5, 0.6) is 0 Å². The fourth-order valence-corrected chi connectivity index (χ4v) is 2.23.